The second kappa shape index (κ2) is 3.64. The van der Waals surface area contributed by atoms with Gasteiger partial charge in [0, 0.05) is 11.6 Å². The molecule has 0 aliphatic heterocycles. The number of aromatic nitrogens is 3. The van der Waals surface area contributed by atoms with Gasteiger partial charge in [0.2, 0.25) is 0 Å². The van der Waals surface area contributed by atoms with Gasteiger partial charge in [-0.25, -0.2) is 15.0 Å². The number of hydrogen-bond acceptors (Lipinski definition) is 4. The van der Waals surface area contributed by atoms with Crippen molar-refractivity contribution < 1.29 is 0 Å². The largest absolute Gasteiger partial charge is 0.249 e. The Bertz CT molecular complexity index is 632. The van der Waals surface area contributed by atoms with Crippen molar-refractivity contribution in [3.63, 3.8) is 0 Å². The third kappa shape index (κ3) is 1.47. The highest BCUT2D eigenvalue weighted by Crippen LogP contribution is 2.24. The maximum Gasteiger partial charge on any atom is 0.143 e. The third-order valence-corrected chi connectivity index (χ3v) is 3.16. The minimum Gasteiger partial charge on any atom is -0.249 e. The zero-order valence-corrected chi connectivity index (χ0v) is 9.53. The predicted octanol–water partition coefficient (Wildman–Crippen LogP) is 3.06. The molecule has 2 aromatic heterocycles. The van der Waals surface area contributed by atoms with Gasteiger partial charge in [-0.1, -0.05) is 12.1 Å². The Morgan fingerprint density at radius 2 is 1.81 bits per heavy atom. The van der Waals surface area contributed by atoms with Gasteiger partial charge in [0.25, 0.3) is 0 Å². The van der Waals surface area contributed by atoms with Gasteiger partial charge >= 0.3 is 0 Å². The smallest absolute Gasteiger partial charge is 0.143 e. The first-order valence-electron chi connectivity index (χ1n) is 4.98. The summed E-state index contributed by atoms with van der Waals surface area (Å²) in [6.07, 6.45) is 1.79. The Labute approximate surface area is 96.8 Å². The first-order valence-corrected chi connectivity index (χ1v) is 5.86. The Morgan fingerprint density at radius 1 is 1.06 bits per heavy atom. The molecule has 0 spiro atoms. The summed E-state index contributed by atoms with van der Waals surface area (Å²) in [5, 5.41) is 2.88. The van der Waals surface area contributed by atoms with E-state index in [1.165, 1.54) is 0 Å². The fourth-order valence-corrected chi connectivity index (χ4v) is 2.31. The number of aryl methyl sites for hydroxylation is 1. The lowest BCUT2D eigenvalue weighted by Gasteiger charge is -2.03. The van der Waals surface area contributed by atoms with Crippen molar-refractivity contribution in [3.05, 3.63) is 41.5 Å². The molecule has 0 saturated heterocycles. The summed E-state index contributed by atoms with van der Waals surface area (Å²) >= 11 is 1.59. The highest BCUT2D eigenvalue weighted by atomic mass is 32.1. The van der Waals surface area contributed by atoms with E-state index < -0.39 is 0 Å². The van der Waals surface area contributed by atoms with Crippen LogP contribution in [0.3, 0.4) is 0 Å². The minimum atomic E-state index is 0.883. The lowest BCUT2D eigenvalue weighted by atomic mass is 10.2. The maximum atomic E-state index is 4.60. The highest BCUT2D eigenvalue weighted by molar-refractivity contribution is 7.13. The van der Waals surface area contributed by atoms with Crippen LogP contribution in [0.4, 0.5) is 0 Å². The number of thiazole rings is 1. The molecule has 4 heteroatoms. The van der Waals surface area contributed by atoms with E-state index >= 15 is 0 Å². The highest BCUT2D eigenvalue weighted by Gasteiger charge is 2.08. The zero-order valence-electron chi connectivity index (χ0n) is 8.71. The molecule has 78 valence electrons. The second-order valence-corrected chi connectivity index (χ2v) is 4.38. The van der Waals surface area contributed by atoms with E-state index in [2.05, 4.69) is 15.0 Å². The van der Waals surface area contributed by atoms with Crippen molar-refractivity contribution in [2.45, 2.75) is 6.92 Å². The molecular formula is C12H9N3S. The van der Waals surface area contributed by atoms with Gasteiger partial charge in [0.05, 0.1) is 16.7 Å². The SMILES string of the molecule is Cc1nc2ccccc2nc1-c1nccs1. The van der Waals surface area contributed by atoms with Gasteiger partial charge in [0.15, 0.2) is 0 Å². The molecular weight excluding hydrogens is 218 g/mol. The van der Waals surface area contributed by atoms with E-state index in [1.807, 2.05) is 36.6 Å². The predicted molar refractivity (Wildman–Crippen MR) is 65.4 cm³/mol. The van der Waals surface area contributed by atoms with Crippen LogP contribution < -0.4 is 0 Å². The van der Waals surface area contributed by atoms with E-state index in [9.17, 15) is 0 Å². The molecule has 0 unspecified atom stereocenters. The van der Waals surface area contributed by atoms with Crippen molar-refractivity contribution in [1.82, 2.24) is 15.0 Å². The standard InChI is InChI=1S/C12H9N3S/c1-8-11(12-13-6-7-16-12)15-10-5-3-2-4-9(10)14-8/h2-7H,1H3. The van der Waals surface area contributed by atoms with E-state index in [4.69, 9.17) is 0 Å². The maximum absolute atomic E-state index is 4.60. The van der Waals surface area contributed by atoms with Crippen LogP contribution in [0.25, 0.3) is 21.7 Å². The molecule has 0 amide bonds. The van der Waals surface area contributed by atoms with Crippen LogP contribution in [-0.2, 0) is 0 Å². The molecule has 3 aromatic rings. The van der Waals surface area contributed by atoms with Crippen LogP contribution in [-0.4, -0.2) is 15.0 Å². The second-order valence-electron chi connectivity index (χ2n) is 3.48. The van der Waals surface area contributed by atoms with Crippen LogP contribution in [0.15, 0.2) is 35.8 Å². The molecule has 1 aromatic carbocycles. The average Bonchev–Trinajstić information content (AvgIpc) is 2.81. The van der Waals surface area contributed by atoms with E-state index in [-0.39, 0.29) is 0 Å². The number of rotatable bonds is 1. The van der Waals surface area contributed by atoms with Crippen molar-refractivity contribution in [2.75, 3.05) is 0 Å². The lowest BCUT2D eigenvalue weighted by Crippen LogP contribution is -1.93. The molecule has 0 N–H and O–H groups in total. The summed E-state index contributed by atoms with van der Waals surface area (Å²) < 4.78 is 0. The molecule has 3 nitrogen and oxygen atoms in total. The van der Waals surface area contributed by atoms with Crippen LogP contribution in [0.5, 0.6) is 0 Å². The van der Waals surface area contributed by atoms with Crippen molar-refractivity contribution in [2.24, 2.45) is 0 Å². The number of hydrogen-bond donors (Lipinski definition) is 0. The van der Waals surface area contributed by atoms with Crippen molar-refractivity contribution in [3.8, 4) is 10.7 Å². The topological polar surface area (TPSA) is 38.7 Å². The molecule has 0 fully saturated rings. The molecule has 0 aliphatic rings. The third-order valence-electron chi connectivity index (χ3n) is 2.38. The minimum absolute atomic E-state index is 0.883. The molecule has 0 aliphatic carbocycles. The van der Waals surface area contributed by atoms with Gasteiger partial charge in [-0.3, -0.25) is 0 Å². The number of nitrogens with zero attached hydrogens (tertiary/aromatic N) is 3. The van der Waals surface area contributed by atoms with E-state index in [0.717, 1.165) is 27.4 Å². The normalized spacial score (nSPS) is 10.8. The summed E-state index contributed by atoms with van der Waals surface area (Å²) in [7, 11) is 0. The molecule has 0 radical (unpaired) electrons. The van der Waals surface area contributed by atoms with Crippen LogP contribution >= 0.6 is 11.3 Å². The Kier molecular flexibility index (Phi) is 2.15. The van der Waals surface area contributed by atoms with E-state index in [0.29, 0.717) is 0 Å². The Morgan fingerprint density at radius 3 is 2.50 bits per heavy atom. The van der Waals surface area contributed by atoms with Gasteiger partial charge in [-0.05, 0) is 19.1 Å². The van der Waals surface area contributed by atoms with E-state index in [1.54, 1.807) is 17.5 Å². The average molecular weight is 227 g/mol. The fourth-order valence-electron chi connectivity index (χ4n) is 1.63. The number of benzene rings is 1. The van der Waals surface area contributed by atoms with Crippen LogP contribution in [0.1, 0.15) is 5.69 Å². The molecule has 0 bridgehead atoms. The number of para-hydroxylation sites is 2. The molecule has 0 saturated carbocycles. The lowest BCUT2D eigenvalue weighted by molar-refractivity contribution is 1.18. The van der Waals surface area contributed by atoms with Crippen molar-refractivity contribution >= 4 is 22.4 Å². The quantitative estimate of drug-likeness (QED) is 0.641. The van der Waals surface area contributed by atoms with Crippen molar-refractivity contribution in [1.29, 1.82) is 0 Å². The number of fused-ring (bicyclic) bond motifs is 1. The summed E-state index contributed by atoms with van der Waals surface area (Å²) in [5.74, 6) is 0. The first kappa shape index (κ1) is 9.42. The molecule has 16 heavy (non-hydrogen) atoms. The summed E-state index contributed by atoms with van der Waals surface area (Å²) in [6.45, 7) is 1.97. The van der Waals surface area contributed by atoms with Gasteiger partial charge in [0.1, 0.15) is 10.7 Å². The van der Waals surface area contributed by atoms with Crippen LogP contribution in [0.2, 0.25) is 0 Å². The first-order chi connectivity index (χ1) is 7.84. The summed E-state index contributed by atoms with van der Waals surface area (Å²) in [4.78, 5) is 13.4. The molecule has 3 rings (SSSR count). The Balaban J connectivity index is 2.30. The molecule has 0 atom stereocenters. The Hall–Kier alpha value is -1.81. The van der Waals surface area contributed by atoms with Crippen LogP contribution in [0, 0.1) is 6.92 Å². The molecule has 2 heterocycles. The van der Waals surface area contributed by atoms with Gasteiger partial charge < -0.3 is 0 Å². The van der Waals surface area contributed by atoms with Gasteiger partial charge in [-0.15, -0.1) is 11.3 Å². The zero-order chi connectivity index (χ0) is 11.0. The van der Waals surface area contributed by atoms with Gasteiger partial charge in [-0.2, -0.15) is 0 Å². The summed E-state index contributed by atoms with van der Waals surface area (Å²) in [5.41, 5.74) is 3.65. The fraction of sp³-hybridized carbons (Fsp3) is 0.0833. The summed E-state index contributed by atoms with van der Waals surface area (Å²) in [6, 6.07) is 7.89. The monoisotopic (exact) mass is 227 g/mol.